The Hall–Kier alpha value is -1.61. The Morgan fingerprint density at radius 2 is 2.18 bits per heavy atom. The van der Waals surface area contributed by atoms with E-state index in [1.54, 1.807) is 25.4 Å². The molecule has 1 aromatic carbocycles. The number of methoxy groups -OCH3 is 1. The number of alkyl halides is 1. The molecule has 0 spiro atoms. The van der Waals surface area contributed by atoms with E-state index in [4.69, 9.17) is 16.3 Å². The second-order valence-electron chi connectivity index (χ2n) is 3.53. The molecule has 0 N–H and O–H groups in total. The molecule has 0 radical (unpaired) electrons. The summed E-state index contributed by atoms with van der Waals surface area (Å²) in [6, 6.07) is 8.10. The van der Waals surface area contributed by atoms with Crippen molar-refractivity contribution in [2.75, 3.05) is 7.11 Å². The quantitative estimate of drug-likeness (QED) is 0.777. The van der Waals surface area contributed by atoms with E-state index < -0.39 is 0 Å². The Kier molecular flexibility index (Phi) is 3.59. The van der Waals surface area contributed by atoms with Crippen molar-refractivity contribution in [3.63, 3.8) is 0 Å². The zero-order valence-corrected chi connectivity index (χ0v) is 10.0. The molecule has 0 atom stereocenters. The zero-order chi connectivity index (χ0) is 12.3. The maximum atomic E-state index is 13.2. The number of aromatic nitrogens is 1. The molecule has 0 amide bonds. The van der Waals surface area contributed by atoms with Crippen LogP contribution in [0.5, 0.6) is 5.88 Å². The third-order valence-corrected chi connectivity index (χ3v) is 2.74. The Morgan fingerprint density at radius 3 is 2.82 bits per heavy atom. The van der Waals surface area contributed by atoms with Crippen LogP contribution in [0.15, 0.2) is 36.5 Å². The van der Waals surface area contributed by atoms with Crippen molar-refractivity contribution < 1.29 is 9.13 Å². The number of ether oxygens (including phenoxy) is 1. The summed E-state index contributed by atoms with van der Waals surface area (Å²) >= 11 is 5.87. The first-order valence-electron chi connectivity index (χ1n) is 5.09. The second-order valence-corrected chi connectivity index (χ2v) is 3.80. The minimum atomic E-state index is -0.279. The van der Waals surface area contributed by atoms with Crippen LogP contribution in [-0.2, 0) is 5.88 Å². The first-order valence-corrected chi connectivity index (χ1v) is 5.63. The summed E-state index contributed by atoms with van der Waals surface area (Å²) in [5.74, 6) is 0.546. The van der Waals surface area contributed by atoms with Crippen LogP contribution >= 0.6 is 11.6 Å². The predicted molar refractivity (Wildman–Crippen MR) is 65.7 cm³/mol. The fourth-order valence-corrected chi connectivity index (χ4v) is 1.83. The van der Waals surface area contributed by atoms with Crippen molar-refractivity contribution in [2.24, 2.45) is 0 Å². The normalized spacial score (nSPS) is 10.3. The van der Waals surface area contributed by atoms with Crippen molar-refractivity contribution in [1.29, 1.82) is 0 Å². The first-order chi connectivity index (χ1) is 8.24. The molecule has 2 aromatic rings. The Morgan fingerprint density at radius 1 is 1.35 bits per heavy atom. The van der Waals surface area contributed by atoms with E-state index in [1.165, 1.54) is 12.1 Å². The number of hydrogen-bond donors (Lipinski definition) is 0. The molecular formula is C13H11ClFNO. The lowest BCUT2D eigenvalue weighted by molar-refractivity contribution is 0.397. The minimum absolute atomic E-state index is 0.279. The molecule has 2 nitrogen and oxygen atoms in total. The molecule has 88 valence electrons. The smallest absolute Gasteiger partial charge is 0.213 e. The summed E-state index contributed by atoms with van der Waals surface area (Å²) in [7, 11) is 1.54. The third kappa shape index (κ3) is 2.56. The van der Waals surface area contributed by atoms with Gasteiger partial charge < -0.3 is 4.74 Å². The average molecular weight is 252 g/mol. The fraction of sp³-hybridized carbons (Fsp3) is 0.154. The predicted octanol–water partition coefficient (Wildman–Crippen LogP) is 3.64. The summed E-state index contributed by atoms with van der Waals surface area (Å²) in [5.41, 5.74) is 2.44. The summed E-state index contributed by atoms with van der Waals surface area (Å²) in [4.78, 5) is 4.11. The van der Waals surface area contributed by atoms with Crippen LogP contribution < -0.4 is 4.74 Å². The van der Waals surface area contributed by atoms with E-state index in [2.05, 4.69) is 4.98 Å². The van der Waals surface area contributed by atoms with E-state index in [0.29, 0.717) is 11.8 Å². The molecule has 0 saturated carbocycles. The van der Waals surface area contributed by atoms with Gasteiger partial charge in [0.2, 0.25) is 5.88 Å². The third-order valence-electron chi connectivity index (χ3n) is 2.45. The van der Waals surface area contributed by atoms with E-state index in [-0.39, 0.29) is 5.82 Å². The van der Waals surface area contributed by atoms with Crippen molar-refractivity contribution >= 4 is 11.6 Å². The van der Waals surface area contributed by atoms with Crippen LogP contribution in [0.3, 0.4) is 0 Å². The number of halogens is 2. The van der Waals surface area contributed by atoms with Gasteiger partial charge in [-0.1, -0.05) is 12.1 Å². The van der Waals surface area contributed by atoms with Crippen molar-refractivity contribution in [3.8, 4) is 17.0 Å². The van der Waals surface area contributed by atoms with Gasteiger partial charge in [-0.25, -0.2) is 9.37 Å². The minimum Gasteiger partial charge on any atom is -0.481 e. The van der Waals surface area contributed by atoms with Crippen LogP contribution in [0.2, 0.25) is 0 Å². The standard InChI is InChI=1S/C13H11ClFNO/c1-17-13-6-10(7-14)12(8-16-13)9-3-2-4-11(15)5-9/h2-6,8H,7H2,1H3. The molecule has 0 saturated heterocycles. The van der Waals surface area contributed by atoms with Crippen LogP contribution in [0.25, 0.3) is 11.1 Å². The highest BCUT2D eigenvalue weighted by Crippen LogP contribution is 2.27. The number of rotatable bonds is 3. The summed E-state index contributed by atoms with van der Waals surface area (Å²) < 4.78 is 18.2. The van der Waals surface area contributed by atoms with Gasteiger partial charge in [-0.2, -0.15) is 0 Å². The topological polar surface area (TPSA) is 22.1 Å². The highest BCUT2D eigenvalue weighted by atomic mass is 35.5. The van der Waals surface area contributed by atoms with Gasteiger partial charge in [0.15, 0.2) is 0 Å². The van der Waals surface area contributed by atoms with E-state index in [1.807, 2.05) is 6.07 Å². The summed E-state index contributed by atoms with van der Waals surface area (Å²) in [6.07, 6.45) is 1.64. The van der Waals surface area contributed by atoms with Crippen LogP contribution in [-0.4, -0.2) is 12.1 Å². The molecule has 1 aromatic heterocycles. The summed E-state index contributed by atoms with van der Waals surface area (Å²) in [5, 5.41) is 0. The van der Waals surface area contributed by atoms with E-state index >= 15 is 0 Å². The molecule has 0 aliphatic carbocycles. The Bertz CT molecular complexity index is 531. The molecule has 0 bridgehead atoms. The van der Waals surface area contributed by atoms with E-state index in [0.717, 1.165) is 16.7 Å². The van der Waals surface area contributed by atoms with Gasteiger partial charge in [0.05, 0.1) is 7.11 Å². The van der Waals surface area contributed by atoms with Crippen molar-refractivity contribution in [2.45, 2.75) is 5.88 Å². The number of nitrogens with zero attached hydrogens (tertiary/aromatic N) is 1. The maximum absolute atomic E-state index is 13.2. The van der Waals surface area contributed by atoms with Gasteiger partial charge in [-0.15, -0.1) is 11.6 Å². The molecule has 1 heterocycles. The van der Waals surface area contributed by atoms with Gasteiger partial charge >= 0.3 is 0 Å². The molecule has 17 heavy (non-hydrogen) atoms. The second kappa shape index (κ2) is 5.15. The van der Waals surface area contributed by atoms with Crippen LogP contribution in [0.4, 0.5) is 4.39 Å². The van der Waals surface area contributed by atoms with Crippen LogP contribution in [0.1, 0.15) is 5.56 Å². The average Bonchev–Trinajstić information content (AvgIpc) is 2.38. The maximum Gasteiger partial charge on any atom is 0.213 e. The van der Waals surface area contributed by atoms with Crippen molar-refractivity contribution in [3.05, 3.63) is 47.9 Å². The highest BCUT2D eigenvalue weighted by molar-refractivity contribution is 6.17. The Balaban J connectivity index is 2.51. The zero-order valence-electron chi connectivity index (χ0n) is 9.28. The van der Waals surface area contributed by atoms with Gasteiger partial charge in [0.1, 0.15) is 5.82 Å². The van der Waals surface area contributed by atoms with Gasteiger partial charge in [-0.3, -0.25) is 0 Å². The van der Waals surface area contributed by atoms with Crippen LogP contribution in [0, 0.1) is 5.82 Å². The van der Waals surface area contributed by atoms with E-state index in [9.17, 15) is 4.39 Å². The lowest BCUT2D eigenvalue weighted by atomic mass is 10.0. The number of pyridine rings is 1. The summed E-state index contributed by atoms with van der Waals surface area (Å²) in [6.45, 7) is 0. The highest BCUT2D eigenvalue weighted by Gasteiger charge is 2.07. The molecular weight excluding hydrogens is 241 g/mol. The molecule has 0 aliphatic rings. The molecule has 2 rings (SSSR count). The molecule has 4 heteroatoms. The lowest BCUT2D eigenvalue weighted by Gasteiger charge is -2.08. The molecule has 0 unspecified atom stereocenters. The SMILES string of the molecule is COc1cc(CCl)c(-c2cccc(F)c2)cn1. The molecule has 0 aliphatic heterocycles. The van der Waals surface area contributed by atoms with Crippen molar-refractivity contribution in [1.82, 2.24) is 4.98 Å². The lowest BCUT2D eigenvalue weighted by Crippen LogP contribution is -1.93. The van der Waals surface area contributed by atoms with Gasteiger partial charge in [0, 0.05) is 23.7 Å². The largest absolute Gasteiger partial charge is 0.481 e. The first kappa shape index (κ1) is 11.9. The molecule has 0 fully saturated rings. The monoisotopic (exact) mass is 251 g/mol. The van der Waals surface area contributed by atoms with Gasteiger partial charge in [0.25, 0.3) is 0 Å². The fourth-order valence-electron chi connectivity index (χ4n) is 1.61. The number of hydrogen-bond acceptors (Lipinski definition) is 2. The Labute approximate surface area is 104 Å². The van der Waals surface area contributed by atoms with Gasteiger partial charge in [-0.05, 0) is 23.3 Å². The number of benzene rings is 1.